The highest BCUT2D eigenvalue weighted by Gasteiger charge is 2.22. The fourth-order valence-corrected chi connectivity index (χ4v) is 2.28. The third-order valence-corrected chi connectivity index (χ3v) is 3.42. The lowest BCUT2D eigenvalue weighted by Crippen LogP contribution is -2.08. The van der Waals surface area contributed by atoms with Crippen LogP contribution >= 0.6 is 11.6 Å². The predicted molar refractivity (Wildman–Crippen MR) is 68.8 cm³/mol. The summed E-state index contributed by atoms with van der Waals surface area (Å²) < 4.78 is 5.32. The summed E-state index contributed by atoms with van der Waals surface area (Å²) in [5.74, 6) is 1.86. The number of aromatic nitrogens is 2. The van der Waals surface area contributed by atoms with E-state index in [4.69, 9.17) is 16.1 Å². The summed E-state index contributed by atoms with van der Waals surface area (Å²) in [4.78, 5) is 4.46. The molecule has 0 saturated carbocycles. The second kappa shape index (κ2) is 5.08. The lowest BCUT2D eigenvalue weighted by molar-refractivity contribution is 0.355. The Hall–Kier alpha value is -1.39. The molecule has 0 amide bonds. The highest BCUT2D eigenvalue weighted by atomic mass is 35.5. The molecule has 0 unspecified atom stereocenters. The van der Waals surface area contributed by atoms with Crippen LogP contribution in [0.3, 0.4) is 0 Å². The van der Waals surface area contributed by atoms with Crippen LogP contribution in [0.1, 0.15) is 29.6 Å². The molecular formula is C13H14ClN3O. The summed E-state index contributed by atoms with van der Waals surface area (Å²) >= 11 is 5.85. The number of hydrogen-bond donors (Lipinski definition) is 1. The van der Waals surface area contributed by atoms with Crippen molar-refractivity contribution in [2.45, 2.75) is 18.8 Å². The molecule has 4 nitrogen and oxygen atoms in total. The molecule has 1 saturated heterocycles. The second-order valence-corrected chi connectivity index (χ2v) is 4.98. The van der Waals surface area contributed by atoms with E-state index in [-0.39, 0.29) is 0 Å². The van der Waals surface area contributed by atoms with Crippen molar-refractivity contribution < 1.29 is 4.52 Å². The summed E-state index contributed by atoms with van der Waals surface area (Å²) in [7, 11) is 0. The third kappa shape index (κ3) is 2.54. The molecule has 1 aliphatic heterocycles. The molecule has 0 radical (unpaired) electrons. The summed E-state index contributed by atoms with van der Waals surface area (Å²) in [6.45, 7) is 1.96. The molecule has 1 N–H and O–H groups in total. The van der Waals surface area contributed by atoms with Crippen molar-refractivity contribution in [3.63, 3.8) is 0 Å². The average Bonchev–Trinajstić information content (AvgIpc) is 3.02. The minimum absolute atomic E-state index is 0.372. The number of benzene rings is 1. The molecule has 1 fully saturated rings. The molecule has 94 valence electrons. The van der Waals surface area contributed by atoms with E-state index < -0.39 is 0 Å². The van der Waals surface area contributed by atoms with Crippen LogP contribution in [0.2, 0.25) is 5.02 Å². The third-order valence-electron chi connectivity index (χ3n) is 3.17. The van der Waals surface area contributed by atoms with Crippen molar-refractivity contribution in [1.29, 1.82) is 0 Å². The maximum Gasteiger partial charge on any atom is 0.231 e. The Morgan fingerprint density at radius 2 is 2.17 bits per heavy atom. The zero-order chi connectivity index (χ0) is 12.4. The minimum Gasteiger partial charge on any atom is -0.339 e. The van der Waals surface area contributed by atoms with Crippen LogP contribution in [0.5, 0.6) is 0 Å². The predicted octanol–water partition coefficient (Wildman–Crippen LogP) is 2.39. The molecule has 2 aromatic rings. The number of halogens is 1. The lowest BCUT2D eigenvalue weighted by Gasteiger charge is -1.99. The summed E-state index contributed by atoms with van der Waals surface area (Å²) in [5, 5.41) is 8.07. The van der Waals surface area contributed by atoms with Gasteiger partial charge in [-0.25, -0.2) is 0 Å². The maximum absolute atomic E-state index is 5.85. The first-order valence-electron chi connectivity index (χ1n) is 6.09. The van der Waals surface area contributed by atoms with Gasteiger partial charge in [0.1, 0.15) is 0 Å². The van der Waals surface area contributed by atoms with E-state index in [9.17, 15) is 0 Å². The first-order chi connectivity index (χ1) is 8.81. The average molecular weight is 264 g/mol. The molecule has 3 rings (SSSR count). The zero-order valence-corrected chi connectivity index (χ0v) is 10.7. The van der Waals surface area contributed by atoms with Crippen molar-refractivity contribution >= 4 is 11.6 Å². The van der Waals surface area contributed by atoms with Crippen molar-refractivity contribution in [3.8, 4) is 0 Å². The van der Waals surface area contributed by atoms with Gasteiger partial charge in [0.25, 0.3) is 0 Å². The monoisotopic (exact) mass is 263 g/mol. The van der Waals surface area contributed by atoms with Gasteiger partial charge in [0.15, 0.2) is 5.82 Å². The van der Waals surface area contributed by atoms with Crippen LogP contribution in [0.4, 0.5) is 0 Å². The highest BCUT2D eigenvalue weighted by Crippen LogP contribution is 2.21. The Morgan fingerprint density at radius 3 is 2.89 bits per heavy atom. The SMILES string of the molecule is Clc1ccc(Cc2noc([C@H]3CCNC3)n2)cc1. The smallest absolute Gasteiger partial charge is 0.231 e. The second-order valence-electron chi connectivity index (χ2n) is 4.54. The molecule has 18 heavy (non-hydrogen) atoms. The molecule has 0 aliphatic carbocycles. The zero-order valence-electron chi connectivity index (χ0n) is 9.90. The molecule has 1 aliphatic rings. The van der Waals surface area contributed by atoms with Crippen LogP contribution in [0, 0.1) is 0 Å². The van der Waals surface area contributed by atoms with Crippen molar-refractivity contribution in [2.24, 2.45) is 0 Å². The van der Waals surface area contributed by atoms with Crippen LogP contribution in [0.15, 0.2) is 28.8 Å². The molecule has 1 atom stereocenters. The number of nitrogens with zero attached hydrogens (tertiary/aromatic N) is 2. The molecule has 0 spiro atoms. The fraction of sp³-hybridized carbons (Fsp3) is 0.385. The van der Waals surface area contributed by atoms with Gasteiger partial charge in [-0.05, 0) is 30.7 Å². The van der Waals surface area contributed by atoms with Crippen molar-refractivity contribution in [2.75, 3.05) is 13.1 Å². The molecule has 5 heteroatoms. The van der Waals surface area contributed by atoms with Crippen LogP contribution in [-0.4, -0.2) is 23.2 Å². The van der Waals surface area contributed by atoms with Gasteiger partial charge in [0.2, 0.25) is 5.89 Å². The van der Waals surface area contributed by atoms with E-state index in [1.165, 1.54) is 0 Å². The van der Waals surface area contributed by atoms with Gasteiger partial charge in [-0.3, -0.25) is 0 Å². The molecule has 0 bridgehead atoms. The van der Waals surface area contributed by atoms with E-state index in [1.54, 1.807) is 0 Å². The minimum atomic E-state index is 0.372. The number of hydrogen-bond acceptors (Lipinski definition) is 4. The van der Waals surface area contributed by atoms with Crippen molar-refractivity contribution in [1.82, 2.24) is 15.5 Å². The summed E-state index contributed by atoms with van der Waals surface area (Å²) in [6.07, 6.45) is 1.75. The fourth-order valence-electron chi connectivity index (χ4n) is 2.16. The Kier molecular flexibility index (Phi) is 3.30. The van der Waals surface area contributed by atoms with Gasteiger partial charge >= 0.3 is 0 Å². The Morgan fingerprint density at radius 1 is 1.33 bits per heavy atom. The Balaban J connectivity index is 1.71. The molecular weight excluding hydrogens is 250 g/mol. The first kappa shape index (κ1) is 11.7. The van der Waals surface area contributed by atoms with Gasteiger partial charge in [0, 0.05) is 18.0 Å². The molecule has 1 aromatic carbocycles. The van der Waals surface area contributed by atoms with E-state index in [2.05, 4.69) is 15.5 Å². The highest BCUT2D eigenvalue weighted by molar-refractivity contribution is 6.30. The van der Waals surface area contributed by atoms with Gasteiger partial charge in [-0.15, -0.1) is 0 Å². The van der Waals surface area contributed by atoms with Crippen LogP contribution < -0.4 is 5.32 Å². The lowest BCUT2D eigenvalue weighted by atomic mass is 10.1. The van der Waals surface area contributed by atoms with Crippen LogP contribution in [-0.2, 0) is 6.42 Å². The molecule has 1 aromatic heterocycles. The first-order valence-corrected chi connectivity index (χ1v) is 6.47. The standard InChI is InChI=1S/C13H14ClN3O/c14-11-3-1-9(2-4-11)7-12-16-13(18-17-12)10-5-6-15-8-10/h1-4,10,15H,5-8H2/t10-/m0/s1. The largest absolute Gasteiger partial charge is 0.339 e. The van der Waals surface area contributed by atoms with E-state index in [0.717, 1.165) is 41.8 Å². The van der Waals surface area contributed by atoms with Gasteiger partial charge in [-0.2, -0.15) is 4.98 Å². The molecule has 2 heterocycles. The maximum atomic E-state index is 5.85. The Bertz CT molecular complexity index is 517. The normalized spacial score (nSPS) is 19.3. The topological polar surface area (TPSA) is 51.0 Å². The summed E-state index contributed by atoms with van der Waals surface area (Å²) in [5.41, 5.74) is 1.14. The van der Waals surface area contributed by atoms with E-state index >= 15 is 0 Å². The van der Waals surface area contributed by atoms with E-state index in [1.807, 2.05) is 24.3 Å². The number of nitrogens with one attached hydrogen (secondary N) is 1. The summed E-state index contributed by atoms with van der Waals surface area (Å²) in [6, 6.07) is 7.71. The van der Waals surface area contributed by atoms with Gasteiger partial charge < -0.3 is 9.84 Å². The van der Waals surface area contributed by atoms with Gasteiger partial charge in [0.05, 0.1) is 5.92 Å². The van der Waals surface area contributed by atoms with Crippen LogP contribution in [0.25, 0.3) is 0 Å². The van der Waals surface area contributed by atoms with E-state index in [0.29, 0.717) is 12.3 Å². The van der Waals surface area contributed by atoms with Crippen molar-refractivity contribution in [3.05, 3.63) is 46.6 Å². The number of rotatable bonds is 3. The quantitative estimate of drug-likeness (QED) is 0.924. The van der Waals surface area contributed by atoms with Gasteiger partial charge in [-0.1, -0.05) is 28.9 Å². The Labute approximate surface area is 110 Å².